The lowest BCUT2D eigenvalue weighted by Crippen LogP contribution is -2.16. The number of benzene rings is 1. The summed E-state index contributed by atoms with van der Waals surface area (Å²) >= 11 is 0. The molecule has 8 heteroatoms. The Morgan fingerprint density at radius 2 is 1.89 bits per heavy atom. The summed E-state index contributed by atoms with van der Waals surface area (Å²) in [6.07, 6.45) is 4.42. The van der Waals surface area contributed by atoms with E-state index in [9.17, 15) is 0 Å². The van der Waals surface area contributed by atoms with E-state index in [1.807, 2.05) is 29.8 Å². The molecule has 8 nitrogen and oxygen atoms in total. The molecule has 0 spiro atoms. The molecule has 3 aromatic rings. The van der Waals surface area contributed by atoms with Crippen molar-refractivity contribution in [3.63, 3.8) is 0 Å². The Balaban J connectivity index is 1.70. The highest BCUT2D eigenvalue weighted by atomic mass is 16.6. The highest BCUT2D eigenvalue weighted by molar-refractivity contribution is 5.70. The molecule has 1 atom stereocenters. The van der Waals surface area contributed by atoms with Crippen molar-refractivity contribution in [1.82, 2.24) is 19.7 Å². The number of ether oxygens (including phenoxy) is 3. The third kappa shape index (κ3) is 3.42. The molecule has 28 heavy (non-hydrogen) atoms. The highest BCUT2D eigenvalue weighted by Gasteiger charge is 2.24. The van der Waals surface area contributed by atoms with Crippen LogP contribution in [-0.2, 0) is 6.42 Å². The number of rotatable bonds is 6. The summed E-state index contributed by atoms with van der Waals surface area (Å²) in [7, 11) is 1.63. The largest absolute Gasteiger partial charge is 0.496 e. The smallest absolute Gasteiger partial charge is 0.249 e. The maximum absolute atomic E-state index is 5.73. The normalized spacial score (nSPS) is 14.3. The van der Waals surface area contributed by atoms with Gasteiger partial charge in [0.1, 0.15) is 30.8 Å². The van der Waals surface area contributed by atoms with E-state index in [2.05, 4.69) is 29.0 Å². The number of nitrogens with zero attached hydrogens (tertiary/aromatic N) is 4. The van der Waals surface area contributed by atoms with Crippen LogP contribution in [0, 0.1) is 5.92 Å². The minimum absolute atomic E-state index is 0.177. The summed E-state index contributed by atoms with van der Waals surface area (Å²) in [4.78, 5) is 9.09. The van der Waals surface area contributed by atoms with Gasteiger partial charge in [0.05, 0.1) is 12.7 Å². The van der Waals surface area contributed by atoms with Gasteiger partial charge in [0.2, 0.25) is 5.89 Å². The average molecular weight is 384 g/mol. The van der Waals surface area contributed by atoms with Gasteiger partial charge in [-0.1, -0.05) is 19.0 Å². The number of fused-ring (bicyclic) bond motifs is 1. The van der Waals surface area contributed by atoms with Crippen molar-refractivity contribution in [2.45, 2.75) is 33.2 Å². The zero-order valence-electron chi connectivity index (χ0n) is 16.5. The summed E-state index contributed by atoms with van der Waals surface area (Å²) in [5.74, 6) is 4.47. The van der Waals surface area contributed by atoms with Crippen molar-refractivity contribution < 1.29 is 18.7 Å². The van der Waals surface area contributed by atoms with Crippen molar-refractivity contribution in [3.8, 4) is 28.6 Å². The second-order valence-corrected chi connectivity index (χ2v) is 7.18. The monoisotopic (exact) mass is 384 g/mol. The molecule has 4 rings (SSSR count). The van der Waals surface area contributed by atoms with Gasteiger partial charge < -0.3 is 23.3 Å². The zero-order chi connectivity index (χ0) is 19.7. The van der Waals surface area contributed by atoms with Gasteiger partial charge in [0.15, 0.2) is 17.3 Å². The van der Waals surface area contributed by atoms with Gasteiger partial charge in [-0.05, 0) is 18.9 Å². The van der Waals surface area contributed by atoms with Crippen LogP contribution in [0.15, 0.2) is 29.0 Å². The molecule has 148 valence electrons. The quantitative estimate of drug-likeness (QED) is 0.643. The van der Waals surface area contributed by atoms with Gasteiger partial charge in [0.25, 0.3) is 0 Å². The molecule has 1 unspecified atom stereocenters. The first-order valence-corrected chi connectivity index (χ1v) is 9.40. The molecule has 2 aromatic heterocycles. The molecular weight excluding hydrogens is 360 g/mol. The van der Waals surface area contributed by atoms with E-state index in [0.29, 0.717) is 42.3 Å². The SMILES string of the molecule is COc1cc2c(cc1-c1nccn1C(C)c1nc(CC(C)C)no1)OCCO2. The van der Waals surface area contributed by atoms with E-state index >= 15 is 0 Å². The first-order chi connectivity index (χ1) is 13.6. The Kier molecular flexibility index (Phi) is 4.93. The molecule has 0 aliphatic carbocycles. The van der Waals surface area contributed by atoms with Crippen LogP contribution in [0.4, 0.5) is 0 Å². The van der Waals surface area contributed by atoms with E-state index < -0.39 is 0 Å². The van der Waals surface area contributed by atoms with E-state index in [0.717, 1.165) is 23.6 Å². The second kappa shape index (κ2) is 7.53. The maximum Gasteiger partial charge on any atom is 0.249 e. The molecule has 1 aliphatic rings. The van der Waals surface area contributed by atoms with Crippen LogP contribution < -0.4 is 14.2 Å². The summed E-state index contributed by atoms with van der Waals surface area (Å²) < 4.78 is 24.5. The highest BCUT2D eigenvalue weighted by Crippen LogP contribution is 2.41. The molecule has 0 amide bonds. The van der Waals surface area contributed by atoms with Crippen LogP contribution in [-0.4, -0.2) is 40.0 Å². The Hall–Kier alpha value is -3.03. The molecule has 3 heterocycles. The van der Waals surface area contributed by atoms with E-state index in [4.69, 9.17) is 18.7 Å². The van der Waals surface area contributed by atoms with Crippen molar-refractivity contribution in [1.29, 1.82) is 0 Å². The molecular formula is C20H24N4O4. The predicted octanol–water partition coefficient (Wildman–Crippen LogP) is 3.52. The van der Waals surface area contributed by atoms with Gasteiger partial charge in [-0.15, -0.1) is 0 Å². The van der Waals surface area contributed by atoms with E-state index in [1.165, 1.54) is 0 Å². The summed E-state index contributed by atoms with van der Waals surface area (Å²) in [6.45, 7) is 7.30. The Bertz CT molecular complexity index is 963. The average Bonchev–Trinajstić information content (AvgIpc) is 3.35. The molecule has 0 saturated carbocycles. The topological polar surface area (TPSA) is 84.4 Å². The van der Waals surface area contributed by atoms with Gasteiger partial charge in [-0.2, -0.15) is 4.98 Å². The van der Waals surface area contributed by atoms with Crippen molar-refractivity contribution in [2.75, 3.05) is 20.3 Å². The molecule has 0 N–H and O–H groups in total. The minimum Gasteiger partial charge on any atom is -0.496 e. The Morgan fingerprint density at radius 1 is 1.14 bits per heavy atom. The third-order valence-electron chi connectivity index (χ3n) is 4.62. The number of hydrogen-bond donors (Lipinski definition) is 0. The van der Waals surface area contributed by atoms with Gasteiger partial charge in [-0.3, -0.25) is 0 Å². The lowest BCUT2D eigenvalue weighted by atomic mass is 10.1. The van der Waals surface area contributed by atoms with Crippen LogP contribution in [0.2, 0.25) is 0 Å². The molecule has 0 saturated heterocycles. The molecule has 0 bridgehead atoms. The zero-order valence-corrected chi connectivity index (χ0v) is 16.5. The fraction of sp³-hybridized carbons (Fsp3) is 0.450. The standard InChI is InChI=1S/C20H24N4O4/c1-12(2)9-18-22-20(28-23-18)13(3)24-6-5-21-19(24)14-10-16-17(11-15(14)25-4)27-8-7-26-16/h5-6,10-13H,7-9H2,1-4H3. The minimum atomic E-state index is -0.177. The van der Waals surface area contributed by atoms with Gasteiger partial charge in [0, 0.05) is 24.9 Å². The Labute approximate surface area is 163 Å². The van der Waals surface area contributed by atoms with Crippen molar-refractivity contribution in [3.05, 3.63) is 36.2 Å². The summed E-state index contributed by atoms with van der Waals surface area (Å²) in [5, 5.41) is 4.10. The molecule has 0 fully saturated rings. The Morgan fingerprint density at radius 3 is 2.61 bits per heavy atom. The number of imidazole rings is 1. The summed E-state index contributed by atoms with van der Waals surface area (Å²) in [5.41, 5.74) is 0.811. The predicted molar refractivity (Wildman–Crippen MR) is 102 cm³/mol. The van der Waals surface area contributed by atoms with E-state index in [-0.39, 0.29) is 6.04 Å². The van der Waals surface area contributed by atoms with Crippen LogP contribution in [0.25, 0.3) is 11.4 Å². The molecule has 0 radical (unpaired) electrons. The fourth-order valence-electron chi connectivity index (χ4n) is 3.25. The number of methoxy groups -OCH3 is 1. The number of aromatic nitrogens is 4. The van der Waals surface area contributed by atoms with E-state index in [1.54, 1.807) is 13.3 Å². The van der Waals surface area contributed by atoms with Crippen LogP contribution >= 0.6 is 0 Å². The lowest BCUT2D eigenvalue weighted by Gasteiger charge is -2.21. The molecule has 1 aliphatic heterocycles. The maximum atomic E-state index is 5.73. The lowest BCUT2D eigenvalue weighted by molar-refractivity contribution is 0.171. The first kappa shape index (κ1) is 18.3. The number of hydrogen-bond acceptors (Lipinski definition) is 7. The second-order valence-electron chi connectivity index (χ2n) is 7.18. The van der Waals surface area contributed by atoms with Crippen LogP contribution in [0.5, 0.6) is 17.2 Å². The summed E-state index contributed by atoms with van der Waals surface area (Å²) in [6, 6.07) is 3.56. The van der Waals surface area contributed by atoms with Crippen molar-refractivity contribution >= 4 is 0 Å². The fourth-order valence-corrected chi connectivity index (χ4v) is 3.25. The van der Waals surface area contributed by atoms with Crippen LogP contribution in [0.3, 0.4) is 0 Å². The van der Waals surface area contributed by atoms with Crippen LogP contribution in [0.1, 0.15) is 38.5 Å². The first-order valence-electron chi connectivity index (χ1n) is 9.40. The van der Waals surface area contributed by atoms with Crippen molar-refractivity contribution in [2.24, 2.45) is 5.92 Å². The van der Waals surface area contributed by atoms with Gasteiger partial charge in [-0.25, -0.2) is 4.98 Å². The third-order valence-corrected chi connectivity index (χ3v) is 4.62. The molecule has 1 aromatic carbocycles. The van der Waals surface area contributed by atoms with Gasteiger partial charge >= 0.3 is 0 Å².